The van der Waals surface area contributed by atoms with Crippen LogP contribution in [0.4, 0.5) is 0 Å². The Bertz CT molecular complexity index is 3550. The molecule has 5 aliphatic heterocycles. The Morgan fingerprint density at radius 3 is 1.05 bits per heavy atom. The van der Waals surface area contributed by atoms with Crippen molar-refractivity contribution in [3.63, 3.8) is 0 Å². The standard InChI is InChI=1S/C16H20O3.C15H18O3.C15H16O3.2C14H16O2.C11H12O2/c1-3-13-7-9-14(10-8-13)16(12(2)17)19-15-6-4-5-11-18-15;2*1-2-12-6-8-13(9-7-12)14(11-16)18-15-5-3-4-10-17-15;2*1-5-11-6-8-12(9-7-11)13-10(2)15-14(3,4)16-13;1-3-9-4-6-10(7-5-9)11(13)8(2)12/h1,7-10,12,15-17H,4-6,11H2,2H3;1,6-9,14-16H,3-5,10-11H2;1,6-9,11,14-15H,3-5,10H2;2*1,6-10,13H,2-4H3;1,4-8,11-13H,2H3/t12?,15?,16-;2*14-,15?;10-,13+;10-,13-;8?,11-/m111011/s1. The molecule has 0 bridgehead atoms. The third kappa shape index (κ3) is 26.4. The minimum atomic E-state index is -0.841. The predicted molar refractivity (Wildman–Crippen MR) is 387 cm³/mol. The largest absolute Gasteiger partial charge is 0.393 e. The number of aldehydes is 1. The van der Waals surface area contributed by atoms with E-state index in [1.54, 1.807) is 50.2 Å². The Labute approximate surface area is 593 Å². The van der Waals surface area contributed by atoms with Crippen molar-refractivity contribution in [1.29, 1.82) is 0 Å². The van der Waals surface area contributed by atoms with Gasteiger partial charge >= 0.3 is 0 Å². The summed E-state index contributed by atoms with van der Waals surface area (Å²) in [6.45, 7) is 17.1. The zero-order valence-corrected chi connectivity index (χ0v) is 58.9. The summed E-state index contributed by atoms with van der Waals surface area (Å²) in [7, 11) is 0. The SMILES string of the molecule is C#Cc1ccc([C@@H](C=O)OC2CCCCO2)cc1.C#Cc1ccc([C@@H](CO)OC2CCCCO2)cc1.C#Cc1ccc([C@@H]2OC(C)(C)O[C@@H]2C)cc1.C#Cc1ccc([C@@H]2OC(C)(C)O[C@H]2C)cc1.C#Cc1ccc([C@H](O)C(C)O)cc1.C#Cc1ccc([C@H](OC2CCCCO2)C(C)O)cc1. The molecule has 528 valence electrons. The van der Waals surface area contributed by atoms with Crippen molar-refractivity contribution in [3.05, 3.63) is 212 Å². The van der Waals surface area contributed by atoms with Crippen LogP contribution in [0, 0.1) is 74.1 Å². The molecule has 6 aromatic carbocycles. The van der Waals surface area contributed by atoms with Crippen molar-refractivity contribution in [2.75, 3.05) is 26.4 Å². The third-order valence-corrected chi connectivity index (χ3v) is 16.6. The number of terminal acetylenes is 6. The van der Waals surface area contributed by atoms with Crippen LogP contribution in [0.15, 0.2) is 146 Å². The van der Waals surface area contributed by atoms with Gasteiger partial charge in [0, 0.05) is 53.2 Å². The van der Waals surface area contributed by atoms with Gasteiger partial charge in [-0.05, 0) is 219 Å². The lowest BCUT2D eigenvalue weighted by molar-refractivity contribution is -0.207. The molecule has 5 unspecified atom stereocenters. The van der Waals surface area contributed by atoms with Crippen molar-refractivity contribution < 1.29 is 72.6 Å². The molecule has 5 saturated heterocycles. The van der Waals surface area contributed by atoms with Gasteiger partial charge in [-0.3, -0.25) is 0 Å². The quantitative estimate of drug-likeness (QED) is 0.0528. The molecule has 5 fully saturated rings. The maximum absolute atomic E-state index is 11.1. The van der Waals surface area contributed by atoms with Gasteiger partial charge in [0.15, 0.2) is 36.7 Å². The number of hydrogen-bond donors (Lipinski definition) is 4. The second-order valence-electron chi connectivity index (χ2n) is 25.5. The molecule has 0 radical (unpaired) electrons. The monoisotopic (exact) mass is 1360 g/mol. The molecule has 0 spiro atoms. The fourth-order valence-corrected chi connectivity index (χ4v) is 11.3. The maximum Gasteiger partial charge on any atom is 0.164 e. The molecule has 0 saturated carbocycles. The summed E-state index contributed by atoms with van der Waals surface area (Å²) in [6, 6.07) is 44.8. The molecule has 0 aliphatic carbocycles. The molecule has 13 atom stereocenters. The summed E-state index contributed by atoms with van der Waals surface area (Å²) in [4.78, 5) is 11.1. The van der Waals surface area contributed by atoms with Crippen molar-refractivity contribution in [2.24, 2.45) is 0 Å². The number of aliphatic hydroxyl groups is 4. The maximum atomic E-state index is 11.1. The topological polar surface area (TPSA) is 190 Å². The molecule has 4 N–H and O–H groups in total. The molecule has 100 heavy (non-hydrogen) atoms. The van der Waals surface area contributed by atoms with Gasteiger partial charge in [-0.25, -0.2) is 0 Å². The Balaban J connectivity index is 0.000000190. The summed E-state index contributed by atoms with van der Waals surface area (Å²) < 4.78 is 57.0. The van der Waals surface area contributed by atoms with Crippen LogP contribution in [0.2, 0.25) is 0 Å². The van der Waals surface area contributed by atoms with Crippen LogP contribution in [0.25, 0.3) is 0 Å². The molecule has 0 amide bonds. The number of hydrogen-bond acceptors (Lipinski definition) is 15. The first kappa shape index (κ1) is 80.8. The molecule has 5 heterocycles. The first-order valence-corrected chi connectivity index (χ1v) is 34.1. The van der Waals surface area contributed by atoms with Crippen LogP contribution in [0.3, 0.4) is 0 Å². The smallest absolute Gasteiger partial charge is 0.164 e. The average Bonchev–Trinajstić information content (AvgIpc) is 1.67. The highest BCUT2D eigenvalue weighted by molar-refractivity contribution is 5.60. The van der Waals surface area contributed by atoms with E-state index in [1.807, 2.05) is 151 Å². The van der Waals surface area contributed by atoms with Crippen LogP contribution >= 0.6 is 0 Å². The van der Waals surface area contributed by atoms with E-state index in [2.05, 4.69) is 35.5 Å². The molecular formula is C85H98O15. The van der Waals surface area contributed by atoms with E-state index >= 15 is 0 Å². The minimum Gasteiger partial charge on any atom is -0.393 e. The van der Waals surface area contributed by atoms with E-state index in [-0.39, 0.29) is 62.1 Å². The fourth-order valence-electron chi connectivity index (χ4n) is 11.3. The predicted octanol–water partition coefficient (Wildman–Crippen LogP) is 14.2. The number of carbonyl (C=O) groups is 1. The molecule has 0 aromatic heterocycles. The van der Waals surface area contributed by atoms with E-state index in [1.165, 1.54) is 0 Å². The lowest BCUT2D eigenvalue weighted by Gasteiger charge is -2.29. The van der Waals surface area contributed by atoms with E-state index < -0.39 is 36.0 Å². The Kier molecular flexibility index (Phi) is 33.5. The number of benzene rings is 6. The van der Waals surface area contributed by atoms with Crippen molar-refractivity contribution in [1.82, 2.24) is 0 Å². The first-order valence-electron chi connectivity index (χ1n) is 34.1. The van der Waals surface area contributed by atoms with Crippen LogP contribution in [-0.4, -0.2) is 108 Å². The van der Waals surface area contributed by atoms with Crippen LogP contribution < -0.4 is 0 Å². The molecular weight excluding hydrogens is 1260 g/mol. The second kappa shape index (κ2) is 41.5. The van der Waals surface area contributed by atoms with Crippen LogP contribution in [0.5, 0.6) is 0 Å². The molecule has 15 nitrogen and oxygen atoms in total. The van der Waals surface area contributed by atoms with Gasteiger partial charge in [0.05, 0.1) is 31.0 Å². The zero-order chi connectivity index (χ0) is 72.6. The number of ether oxygens (including phenoxy) is 10. The lowest BCUT2D eigenvalue weighted by atomic mass is 10.0. The summed E-state index contributed by atoms with van der Waals surface area (Å²) in [5, 5.41) is 37.9. The van der Waals surface area contributed by atoms with E-state index in [9.17, 15) is 20.1 Å². The third-order valence-electron chi connectivity index (χ3n) is 16.6. The molecule has 6 aromatic rings. The summed E-state index contributed by atoms with van der Waals surface area (Å²) in [5.41, 5.74) is 10.5. The molecule has 11 rings (SSSR count). The van der Waals surface area contributed by atoms with Crippen molar-refractivity contribution in [3.8, 4) is 74.1 Å². The van der Waals surface area contributed by atoms with Gasteiger partial charge in [0.2, 0.25) is 0 Å². The number of carbonyl (C=O) groups excluding carboxylic acids is 1. The number of aliphatic hydroxyl groups excluding tert-OH is 4. The van der Waals surface area contributed by atoms with Crippen molar-refractivity contribution >= 4 is 6.29 Å². The Morgan fingerprint density at radius 1 is 0.440 bits per heavy atom. The summed E-state index contributed by atoms with van der Waals surface area (Å²) >= 11 is 0. The van der Waals surface area contributed by atoms with E-state index in [0.717, 1.165) is 138 Å². The fraction of sp³-hybridized carbons (Fsp3) is 0.424. The van der Waals surface area contributed by atoms with Crippen LogP contribution in [-0.2, 0) is 52.2 Å². The van der Waals surface area contributed by atoms with E-state index in [0.29, 0.717) is 12.2 Å². The zero-order valence-electron chi connectivity index (χ0n) is 58.9. The van der Waals surface area contributed by atoms with E-state index in [4.69, 9.17) is 91.0 Å². The van der Waals surface area contributed by atoms with Gasteiger partial charge in [0.1, 0.15) is 36.6 Å². The van der Waals surface area contributed by atoms with Gasteiger partial charge in [-0.1, -0.05) is 108 Å². The highest BCUT2D eigenvalue weighted by atomic mass is 16.8. The van der Waals surface area contributed by atoms with Gasteiger partial charge < -0.3 is 72.6 Å². The minimum absolute atomic E-state index is 0.0122. The van der Waals surface area contributed by atoms with Gasteiger partial charge in [-0.2, -0.15) is 0 Å². The highest BCUT2D eigenvalue weighted by Gasteiger charge is 2.40. The summed E-state index contributed by atoms with van der Waals surface area (Å²) in [5.74, 6) is 14.3. The summed E-state index contributed by atoms with van der Waals surface area (Å²) in [6.07, 6.45) is 37.5. The van der Waals surface area contributed by atoms with Crippen LogP contribution in [0.1, 0.15) is 217 Å². The molecule has 15 heteroatoms. The van der Waals surface area contributed by atoms with Gasteiger partial charge in [0.25, 0.3) is 0 Å². The highest BCUT2D eigenvalue weighted by Crippen LogP contribution is 2.39. The van der Waals surface area contributed by atoms with Crippen molar-refractivity contribution in [2.45, 2.75) is 205 Å². The normalized spacial score (nSPS) is 22.6. The Morgan fingerprint density at radius 2 is 0.760 bits per heavy atom. The van der Waals surface area contributed by atoms with Gasteiger partial charge in [-0.15, -0.1) is 38.5 Å². The molecule has 5 aliphatic rings. The first-order chi connectivity index (χ1) is 48.0. The Hall–Kier alpha value is -8.21. The number of rotatable bonds is 16. The average molecular weight is 1360 g/mol. The second-order valence-corrected chi connectivity index (χ2v) is 25.5. The lowest BCUT2D eigenvalue weighted by Crippen LogP contribution is -2.28.